The highest BCUT2D eigenvalue weighted by Gasteiger charge is 2.16. The smallest absolute Gasteiger partial charge is 0.127 e. The Morgan fingerprint density at radius 1 is 1.14 bits per heavy atom. The lowest BCUT2D eigenvalue weighted by atomic mass is 9.88. The standard InChI is InChI=1S/C18H31FN2/c1-14(2)16(11-12-20)8-7-13-21(4)15(3)17-9-5-6-10-18(17)19/h5-6,9-10,14-16H,7-8,11-13,20H2,1-4H3. The van der Waals surface area contributed by atoms with Gasteiger partial charge in [0.05, 0.1) is 0 Å². The average Bonchev–Trinajstić information content (AvgIpc) is 2.45. The van der Waals surface area contributed by atoms with Crippen molar-refractivity contribution in [2.45, 2.75) is 46.1 Å². The van der Waals surface area contributed by atoms with Crippen molar-refractivity contribution < 1.29 is 4.39 Å². The number of hydrogen-bond donors (Lipinski definition) is 1. The van der Waals surface area contributed by atoms with Crippen molar-refractivity contribution >= 4 is 0 Å². The van der Waals surface area contributed by atoms with Gasteiger partial charge in [-0.15, -0.1) is 0 Å². The Morgan fingerprint density at radius 2 is 1.81 bits per heavy atom. The van der Waals surface area contributed by atoms with E-state index >= 15 is 0 Å². The third kappa shape index (κ3) is 5.76. The van der Waals surface area contributed by atoms with Gasteiger partial charge in [-0.05, 0) is 64.2 Å². The minimum absolute atomic E-state index is 0.109. The molecule has 0 aliphatic heterocycles. The molecule has 0 heterocycles. The van der Waals surface area contributed by atoms with Gasteiger partial charge in [0.25, 0.3) is 0 Å². The number of nitrogens with zero attached hydrogens (tertiary/aromatic N) is 1. The molecule has 0 saturated heterocycles. The second-order valence-corrected chi connectivity index (χ2v) is 6.40. The third-order valence-corrected chi connectivity index (χ3v) is 4.58. The Kier molecular flexibility index (Phi) is 7.91. The van der Waals surface area contributed by atoms with Crippen molar-refractivity contribution in [3.05, 3.63) is 35.6 Å². The first-order chi connectivity index (χ1) is 9.97. The molecule has 2 N–H and O–H groups in total. The summed E-state index contributed by atoms with van der Waals surface area (Å²) in [6.45, 7) is 8.36. The van der Waals surface area contributed by atoms with Crippen LogP contribution < -0.4 is 5.73 Å². The van der Waals surface area contributed by atoms with Gasteiger partial charge < -0.3 is 5.73 Å². The molecule has 120 valence electrons. The van der Waals surface area contributed by atoms with Crippen molar-refractivity contribution in [1.82, 2.24) is 4.90 Å². The van der Waals surface area contributed by atoms with Crippen molar-refractivity contribution in [3.8, 4) is 0 Å². The van der Waals surface area contributed by atoms with E-state index < -0.39 is 0 Å². The molecular formula is C18H31FN2. The summed E-state index contributed by atoms with van der Waals surface area (Å²) in [6, 6.07) is 7.17. The average molecular weight is 294 g/mol. The van der Waals surface area contributed by atoms with Gasteiger partial charge in [0.2, 0.25) is 0 Å². The van der Waals surface area contributed by atoms with E-state index in [1.807, 2.05) is 12.1 Å². The maximum absolute atomic E-state index is 13.8. The molecule has 0 aliphatic rings. The Hall–Kier alpha value is -0.930. The van der Waals surface area contributed by atoms with E-state index in [1.54, 1.807) is 6.07 Å². The molecule has 21 heavy (non-hydrogen) atoms. The Labute approximate surface area is 129 Å². The summed E-state index contributed by atoms with van der Waals surface area (Å²) in [7, 11) is 2.07. The minimum Gasteiger partial charge on any atom is -0.330 e. The first-order valence-corrected chi connectivity index (χ1v) is 8.12. The molecule has 0 aromatic heterocycles. The summed E-state index contributed by atoms with van der Waals surface area (Å²) >= 11 is 0. The van der Waals surface area contributed by atoms with E-state index in [9.17, 15) is 4.39 Å². The number of rotatable bonds is 9. The highest BCUT2D eigenvalue weighted by molar-refractivity contribution is 5.20. The minimum atomic E-state index is -0.111. The molecule has 0 saturated carbocycles. The normalized spacial score (nSPS) is 14.7. The van der Waals surface area contributed by atoms with Crippen LogP contribution in [0.15, 0.2) is 24.3 Å². The molecule has 3 heteroatoms. The number of nitrogens with two attached hydrogens (primary N) is 1. The second-order valence-electron chi connectivity index (χ2n) is 6.40. The number of benzene rings is 1. The monoisotopic (exact) mass is 294 g/mol. The molecule has 0 aliphatic carbocycles. The maximum atomic E-state index is 13.8. The summed E-state index contributed by atoms with van der Waals surface area (Å²) < 4.78 is 13.8. The third-order valence-electron chi connectivity index (χ3n) is 4.58. The molecule has 1 rings (SSSR count). The zero-order valence-corrected chi connectivity index (χ0v) is 14.0. The highest BCUT2D eigenvalue weighted by atomic mass is 19.1. The van der Waals surface area contributed by atoms with Crippen molar-refractivity contribution in [2.24, 2.45) is 17.6 Å². The predicted octanol–water partition coefficient (Wildman–Crippen LogP) is 4.22. The van der Waals surface area contributed by atoms with Crippen molar-refractivity contribution in [1.29, 1.82) is 0 Å². The van der Waals surface area contributed by atoms with Crippen LogP contribution in [0.1, 0.15) is 51.6 Å². The first-order valence-electron chi connectivity index (χ1n) is 8.12. The van der Waals surface area contributed by atoms with Crippen LogP contribution in [0.5, 0.6) is 0 Å². The molecule has 0 amide bonds. The summed E-state index contributed by atoms with van der Waals surface area (Å²) in [5, 5.41) is 0. The zero-order valence-electron chi connectivity index (χ0n) is 14.0. The Morgan fingerprint density at radius 3 is 2.38 bits per heavy atom. The highest BCUT2D eigenvalue weighted by Crippen LogP contribution is 2.24. The van der Waals surface area contributed by atoms with E-state index in [0.29, 0.717) is 11.8 Å². The summed E-state index contributed by atoms with van der Waals surface area (Å²) in [5.41, 5.74) is 6.47. The SMILES string of the molecule is CC(C)C(CCN)CCCN(C)C(C)c1ccccc1F. The van der Waals surface area contributed by atoms with Gasteiger partial charge in [0, 0.05) is 11.6 Å². The quantitative estimate of drug-likeness (QED) is 0.739. The molecule has 1 aromatic rings. The maximum Gasteiger partial charge on any atom is 0.127 e. The van der Waals surface area contributed by atoms with Crippen LogP contribution in [-0.4, -0.2) is 25.0 Å². The number of hydrogen-bond acceptors (Lipinski definition) is 2. The van der Waals surface area contributed by atoms with Gasteiger partial charge in [0.1, 0.15) is 5.82 Å². The van der Waals surface area contributed by atoms with Gasteiger partial charge >= 0.3 is 0 Å². The first kappa shape index (κ1) is 18.1. The van der Waals surface area contributed by atoms with E-state index in [0.717, 1.165) is 31.5 Å². The zero-order chi connectivity index (χ0) is 15.8. The van der Waals surface area contributed by atoms with E-state index in [2.05, 4.69) is 32.7 Å². The van der Waals surface area contributed by atoms with Crippen molar-refractivity contribution in [2.75, 3.05) is 20.1 Å². The molecule has 0 fully saturated rings. The largest absolute Gasteiger partial charge is 0.330 e. The lowest BCUT2D eigenvalue weighted by molar-refractivity contribution is 0.234. The molecule has 0 radical (unpaired) electrons. The molecule has 2 unspecified atom stereocenters. The predicted molar refractivity (Wildman–Crippen MR) is 88.7 cm³/mol. The van der Waals surface area contributed by atoms with E-state index in [-0.39, 0.29) is 11.9 Å². The van der Waals surface area contributed by atoms with Crippen LogP contribution in [0.4, 0.5) is 4.39 Å². The fourth-order valence-electron chi connectivity index (χ4n) is 2.87. The van der Waals surface area contributed by atoms with Gasteiger partial charge in [-0.25, -0.2) is 4.39 Å². The molecule has 2 nitrogen and oxygen atoms in total. The summed E-state index contributed by atoms with van der Waals surface area (Å²) in [5.74, 6) is 1.27. The van der Waals surface area contributed by atoms with Crippen LogP contribution in [0.25, 0.3) is 0 Å². The van der Waals surface area contributed by atoms with E-state index in [4.69, 9.17) is 5.73 Å². The second kappa shape index (κ2) is 9.16. The Bertz CT molecular complexity index is 406. The fourth-order valence-corrected chi connectivity index (χ4v) is 2.87. The molecular weight excluding hydrogens is 263 g/mol. The van der Waals surface area contributed by atoms with Crippen LogP contribution >= 0.6 is 0 Å². The number of halogens is 1. The van der Waals surface area contributed by atoms with Gasteiger partial charge in [-0.3, -0.25) is 4.90 Å². The van der Waals surface area contributed by atoms with Gasteiger partial charge in [0.15, 0.2) is 0 Å². The van der Waals surface area contributed by atoms with Crippen LogP contribution in [0, 0.1) is 17.7 Å². The fraction of sp³-hybridized carbons (Fsp3) is 0.667. The van der Waals surface area contributed by atoms with Crippen LogP contribution in [0.3, 0.4) is 0 Å². The van der Waals surface area contributed by atoms with Gasteiger partial charge in [-0.1, -0.05) is 32.0 Å². The lowest BCUT2D eigenvalue weighted by Crippen LogP contribution is -2.25. The van der Waals surface area contributed by atoms with Gasteiger partial charge in [-0.2, -0.15) is 0 Å². The molecule has 0 bridgehead atoms. The summed E-state index contributed by atoms with van der Waals surface area (Å²) in [4.78, 5) is 2.23. The molecule has 2 atom stereocenters. The van der Waals surface area contributed by atoms with E-state index in [1.165, 1.54) is 12.5 Å². The molecule has 0 spiro atoms. The van der Waals surface area contributed by atoms with Crippen LogP contribution in [0.2, 0.25) is 0 Å². The van der Waals surface area contributed by atoms with Crippen molar-refractivity contribution in [3.63, 3.8) is 0 Å². The Balaban J connectivity index is 2.46. The lowest BCUT2D eigenvalue weighted by Gasteiger charge is -2.27. The topological polar surface area (TPSA) is 29.3 Å². The van der Waals surface area contributed by atoms with Crippen LogP contribution in [-0.2, 0) is 0 Å². The molecule has 1 aromatic carbocycles. The summed E-state index contributed by atoms with van der Waals surface area (Å²) in [6.07, 6.45) is 3.44.